The number of alkyl halides is 3. The van der Waals surface area contributed by atoms with Gasteiger partial charge >= 0.3 is 21.6 Å². The van der Waals surface area contributed by atoms with Crippen LogP contribution in [0.4, 0.5) is 13.2 Å². The molecule has 0 bridgehead atoms. The number of aryl methyl sites for hydroxylation is 1. The average Bonchev–Trinajstić information content (AvgIpc) is 2.55. The molecule has 1 unspecified atom stereocenters. The number of rotatable bonds is 6. The van der Waals surface area contributed by atoms with E-state index < -0.39 is 27.7 Å². The van der Waals surface area contributed by atoms with Crippen molar-refractivity contribution in [2.75, 3.05) is 0 Å². The van der Waals surface area contributed by atoms with Gasteiger partial charge in [0.1, 0.15) is 11.9 Å². The summed E-state index contributed by atoms with van der Waals surface area (Å²) in [5.41, 5.74) is -3.79. The third-order valence-corrected chi connectivity index (χ3v) is 4.63. The number of carbonyl (C=O) groups is 1. The molecular formula is C18H17F3O5S. The van der Waals surface area contributed by atoms with Gasteiger partial charge in [-0.05, 0) is 30.2 Å². The smallest absolute Gasteiger partial charge is 0.427 e. The molecule has 0 saturated carbocycles. The minimum atomic E-state index is -5.79. The van der Waals surface area contributed by atoms with Crippen molar-refractivity contribution in [1.82, 2.24) is 0 Å². The van der Waals surface area contributed by atoms with E-state index in [1.807, 2.05) is 6.92 Å². The fraction of sp³-hybridized carbons (Fsp3) is 0.278. The molecule has 0 aliphatic rings. The molecule has 27 heavy (non-hydrogen) atoms. The van der Waals surface area contributed by atoms with Crippen LogP contribution in [0.25, 0.3) is 0 Å². The van der Waals surface area contributed by atoms with Crippen LogP contribution in [0.2, 0.25) is 0 Å². The van der Waals surface area contributed by atoms with Crippen molar-refractivity contribution in [3.05, 3.63) is 65.2 Å². The van der Waals surface area contributed by atoms with Crippen molar-refractivity contribution in [3.63, 3.8) is 0 Å². The van der Waals surface area contributed by atoms with Crippen LogP contribution >= 0.6 is 0 Å². The molecule has 0 fully saturated rings. The largest absolute Gasteiger partial charge is 0.523 e. The second-order valence-corrected chi connectivity index (χ2v) is 7.40. The van der Waals surface area contributed by atoms with Crippen molar-refractivity contribution in [2.24, 2.45) is 0 Å². The van der Waals surface area contributed by atoms with E-state index >= 15 is 0 Å². The fourth-order valence-corrected chi connectivity index (χ4v) is 2.86. The van der Waals surface area contributed by atoms with Crippen LogP contribution in [0.15, 0.2) is 48.5 Å². The number of esters is 1. The number of ether oxygens (including phenoxy) is 1. The molecule has 5 nitrogen and oxygen atoms in total. The van der Waals surface area contributed by atoms with Gasteiger partial charge < -0.3 is 4.74 Å². The first-order valence-electron chi connectivity index (χ1n) is 7.81. The van der Waals surface area contributed by atoms with Crippen molar-refractivity contribution in [2.45, 2.75) is 31.9 Å². The quantitative estimate of drug-likeness (QED) is 0.315. The summed E-state index contributed by atoms with van der Waals surface area (Å²) in [6.07, 6.45) is -1.49. The first kappa shape index (κ1) is 20.9. The van der Waals surface area contributed by atoms with E-state index in [0.717, 1.165) is 5.56 Å². The summed E-state index contributed by atoms with van der Waals surface area (Å²) in [5.74, 6) is -0.381. The van der Waals surface area contributed by atoms with Gasteiger partial charge in [-0.1, -0.05) is 42.0 Å². The van der Waals surface area contributed by atoms with Gasteiger partial charge in [0.05, 0.1) is 0 Å². The molecule has 2 aromatic carbocycles. The van der Waals surface area contributed by atoms with E-state index in [4.69, 9.17) is 4.74 Å². The molecule has 0 aromatic heterocycles. The zero-order valence-corrected chi connectivity index (χ0v) is 15.3. The molecule has 2 aromatic rings. The lowest BCUT2D eigenvalue weighted by molar-refractivity contribution is -0.131. The lowest BCUT2D eigenvalue weighted by Crippen LogP contribution is -2.28. The van der Waals surface area contributed by atoms with E-state index in [1.165, 1.54) is 31.2 Å². The number of hydrogen-bond donors (Lipinski definition) is 0. The molecule has 0 aliphatic heterocycles. The Kier molecular flexibility index (Phi) is 6.27. The van der Waals surface area contributed by atoms with Gasteiger partial charge in [-0.15, -0.1) is 0 Å². The highest BCUT2D eigenvalue weighted by Gasteiger charge is 2.48. The Balaban J connectivity index is 2.33. The van der Waals surface area contributed by atoms with Crippen molar-refractivity contribution >= 4 is 16.1 Å². The number of halogens is 3. The van der Waals surface area contributed by atoms with Gasteiger partial charge in [0.25, 0.3) is 0 Å². The molecular weight excluding hydrogens is 385 g/mol. The van der Waals surface area contributed by atoms with Crippen molar-refractivity contribution < 1.29 is 35.3 Å². The summed E-state index contributed by atoms with van der Waals surface area (Å²) in [6.45, 7) is 3.05. The molecule has 0 saturated heterocycles. The topological polar surface area (TPSA) is 69.7 Å². The van der Waals surface area contributed by atoms with Gasteiger partial charge in [0.2, 0.25) is 0 Å². The van der Waals surface area contributed by atoms with Gasteiger partial charge in [0, 0.05) is 13.3 Å². The second kappa shape index (κ2) is 8.10. The standard InChI is InChI=1S/C18H17F3O5S/c1-12-3-5-14(6-4-12)11-17(26-27(23,24)18(19,20)21)15-7-9-16(10-8-15)25-13(2)22/h3-10,17H,11H2,1-2H3. The molecule has 146 valence electrons. The molecule has 0 heterocycles. The minimum Gasteiger partial charge on any atom is -0.427 e. The number of carbonyl (C=O) groups excluding carboxylic acids is 1. The van der Waals surface area contributed by atoms with E-state index in [2.05, 4.69) is 4.18 Å². The van der Waals surface area contributed by atoms with E-state index in [1.54, 1.807) is 24.3 Å². The summed E-state index contributed by atoms with van der Waals surface area (Å²) in [7, 11) is -5.79. The maximum absolute atomic E-state index is 12.7. The maximum Gasteiger partial charge on any atom is 0.523 e. The van der Waals surface area contributed by atoms with Crippen LogP contribution < -0.4 is 4.74 Å². The van der Waals surface area contributed by atoms with Gasteiger partial charge in [-0.2, -0.15) is 21.6 Å². The Morgan fingerprint density at radius 3 is 2.07 bits per heavy atom. The van der Waals surface area contributed by atoms with Gasteiger partial charge in [0.15, 0.2) is 0 Å². The van der Waals surface area contributed by atoms with Crippen LogP contribution in [-0.2, 0) is 25.5 Å². The predicted octanol–water partition coefficient (Wildman–Crippen LogP) is 4.07. The third kappa shape index (κ3) is 5.80. The highest BCUT2D eigenvalue weighted by Crippen LogP contribution is 2.32. The molecule has 0 radical (unpaired) electrons. The van der Waals surface area contributed by atoms with E-state index in [9.17, 15) is 26.4 Å². The summed E-state index contributed by atoms with van der Waals surface area (Å²) in [4.78, 5) is 10.9. The molecule has 0 aliphatic carbocycles. The third-order valence-electron chi connectivity index (χ3n) is 3.58. The minimum absolute atomic E-state index is 0.0947. The molecule has 9 heteroatoms. The van der Waals surface area contributed by atoms with Gasteiger partial charge in [-0.3, -0.25) is 8.98 Å². The summed E-state index contributed by atoms with van der Waals surface area (Å²) >= 11 is 0. The SMILES string of the molecule is CC(=O)Oc1ccc(C(Cc2ccc(C)cc2)OS(=O)(=O)C(F)(F)F)cc1. The van der Waals surface area contributed by atoms with E-state index in [-0.39, 0.29) is 17.7 Å². The summed E-state index contributed by atoms with van der Waals surface area (Å²) in [5, 5.41) is 0. The van der Waals surface area contributed by atoms with Crippen LogP contribution in [0.3, 0.4) is 0 Å². The number of benzene rings is 2. The van der Waals surface area contributed by atoms with Crippen LogP contribution in [0, 0.1) is 6.92 Å². The Hall–Kier alpha value is -2.39. The van der Waals surface area contributed by atoms with Crippen molar-refractivity contribution in [3.8, 4) is 5.75 Å². The highest BCUT2D eigenvalue weighted by atomic mass is 32.2. The molecule has 0 N–H and O–H groups in total. The Morgan fingerprint density at radius 1 is 1.04 bits per heavy atom. The molecule has 1 atom stereocenters. The van der Waals surface area contributed by atoms with Crippen LogP contribution in [0.1, 0.15) is 29.7 Å². The van der Waals surface area contributed by atoms with Crippen LogP contribution in [0.5, 0.6) is 5.75 Å². The monoisotopic (exact) mass is 402 g/mol. The lowest BCUT2D eigenvalue weighted by atomic mass is 10.0. The molecule has 2 rings (SSSR count). The Morgan fingerprint density at radius 2 is 1.59 bits per heavy atom. The zero-order valence-electron chi connectivity index (χ0n) is 14.5. The first-order chi connectivity index (χ1) is 12.5. The summed E-state index contributed by atoms with van der Waals surface area (Å²) in [6, 6.07) is 12.3. The van der Waals surface area contributed by atoms with Crippen molar-refractivity contribution in [1.29, 1.82) is 0 Å². The Bertz CT molecular complexity index is 888. The molecule has 0 spiro atoms. The lowest BCUT2D eigenvalue weighted by Gasteiger charge is -2.19. The average molecular weight is 402 g/mol. The molecule has 0 amide bonds. The Labute approximate surface area is 154 Å². The predicted molar refractivity (Wildman–Crippen MR) is 91.4 cm³/mol. The first-order valence-corrected chi connectivity index (χ1v) is 9.22. The van der Waals surface area contributed by atoms with Gasteiger partial charge in [-0.25, -0.2) is 0 Å². The van der Waals surface area contributed by atoms with E-state index in [0.29, 0.717) is 5.56 Å². The maximum atomic E-state index is 12.7. The highest BCUT2D eigenvalue weighted by molar-refractivity contribution is 7.87. The normalized spacial score (nSPS) is 13.2. The zero-order chi connectivity index (χ0) is 20.2. The number of hydrogen-bond acceptors (Lipinski definition) is 5. The van der Waals surface area contributed by atoms with Crippen LogP contribution in [-0.4, -0.2) is 19.9 Å². The fourth-order valence-electron chi connectivity index (χ4n) is 2.27. The summed E-state index contributed by atoms with van der Waals surface area (Å²) < 4.78 is 70.5. The second-order valence-electron chi connectivity index (χ2n) is 5.84.